The van der Waals surface area contributed by atoms with Gasteiger partial charge in [-0.2, -0.15) is 0 Å². The average molecular weight is 419 g/mol. The molecule has 0 bridgehead atoms. The summed E-state index contributed by atoms with van der Waals surface area (Å²) in [4.78, 5) is 27.5. The van der Waals surface area contributed by atoms with Gasteiger partial charge in [0, 0.05) is 25.8 Å². The molecule has 3 aromatic carbocycles. The Labute approximate surface area is 179 Å². The van der Waals surface area contributed by atoms with Crippen LogP contribution in [0.25, 0.3) is 16.5 Å². The summed E-state index contributed by atoms with van der Waals surface area (Å²) in [5.41, 5.74) is 1.03. The van der Waals surface area contributed by atoms with Gasteiger partial charge in [0.2, 0.25) is 0 Å². The molecule has 1 atom stereocenters. The molecule has 0 aliphatic carbocycles. The van der Waals surface area contributed by atoms with Gasteiger partial charge in [-0.15, -0.1) is 0 Å². The third-order valence-electron chi connectivity index (χ3n) is 5.52. The number of aliphatic hydroxyl groups is 1. The Hall–Kier alpha value is -3.51. The minimum atomic E-state index is -0.756. The van der Waals surface area contributed by atoms with Crippen LogP contribution in [0.4, 0.5) is 4.39 Å². The number of aliphatic hydroxyl groups excluding tert-OH is 1. The molecule has 1 heterocycles. The zero-order chi connectivity index (χ0) is 22.0. The van der Waals surface area contributed by atoms with Crippen molar-refractivity contribution >= 4 is 28.2 Å². The largest absolute Gasteiger partial charge is 0.507 e. The topological polar surface area (TPSA) is 66.8 Å². The minimum absolute atomic E-state index is 0.00498. The third kappa shape index (κ3) is 3.82. The summed E-state index contributed by atoms with van der Waals surface area (Å²) in [6.45, 7) is 0.732. The van der Waals surface area contributed by atoms with Gasteiger partial charge in [-0.3, -0.25) is 9.59 Å². The molecule has 31 heavy (non-hydrogen) atoms. The zero-order valence-electron chi connectivity index (χ0n) is 17.0. The number of hydrogen-bond acceptors (Lipinski definition) is 4. The lowest BCUT2D eigenvalue weighted by Crippen LogP contribution is -2.31. The molecular formula is C25H22FNO4. The van der Waals surface area contributed by atoms with E-state index in [0.29, 0.717) is 19.6 Å². The van der Waals surface area contributed by atoms with Gasteiger partial charge < -0.3 is 14.7 Å². The first-order valence-corrected chi connectivity index (χ1v) is 10.0. The summed E-state index contributed by atoms with van der Waals surface area (Å²) in [5.74, 6) is -2.19. The second-order valence-electron chi connectivity index (χ2n) is 7.41. The maximum absolute atomic E-state index is 13.4. The number of nitrogens with zero attached hydrogens (tertiary/aromatic N) is 1. The second kappa shape index (κ2) is 8.70. The van der Waals surface area contributed by atoms with Gasteiger partial charge in [-0.25, -0.2) is 4.39 Å². The normalized spacial score (nSPS) is 18.1. The van der Waals surface area contributed by atoms with Crippen molar-refractivity contribution in [3.05, 3.63) is 89.2 Å². The van der Waals surface area contributed by atoms with Crippen molar-refractivity contribution in [3.8, 4) is 0 Å². The van der Waals surface area contributed by atoms with E-state index in [1.807, 2.05) is 42.5 Å². The van der Waals surface area contributed by atoms with Crippen LogP contribution in [0.2, 0.25) is 0 Å². The van der Waals surface area contributed by atoms with Crippen molar-refractivity contribution < 1.29 is 23.8 Å². The predicted molar refractivity (Wildman–Crippen MR) is 116 cm³/mol. The Morgan fingerprint density at radius 2 is 1.74 bits per heavy atom. The maximum atomic E-state index is 13.4. The van der Waals surface area contributed by atoms with Gasteiger partial charge in [0.1, 0.15) is 11.6 Å². The van der Waals surface area contributed by atoms with E-state index in [1.54, 1.807) is 7.11 Å². The number of methoxy groups -OCH3 is 1. The number of ketones is 1. The SMILES string of the molecule is COCCCN1C(=O)C(=O)/C(=C(\O)c2ccc(F)cc2)C1c1cccc2ccccc12. The zero-order valence-corrected chi connectivity index (χ0v) is 17.0. The van der Waals surface area contributed by atoms with Crippen LogP contribution in [-0.2, 0) is 14.3 Å². The van der Waals surface area contributed by atoms with E-state index < -0.39 is 23.5 Å². The van der Waals surface area contributed by atoms with Gasteiger partial charge in [0.05, 0.1) is 11.6 Å². The lowest BCUT2D eigenvalue weighted by Gasteiger charge is -2.26. The Balaban J connectivity index is 1.91. The lowest BCUT2D eigenvalue weighted by atomic mass is 9.91. The molecule has 1 amide bonds. The number of rotatable bonds is 6. The van der Waals surface area contributed by atoms with Crippen LogP contribution in [0.15, 0.2) is 72.3 Å². The molecule has 0 radical (unpaired) electrons. The van der Waals surface area contributed by atoms with Crippen LogP contribution in [0, 0.1) is 5.82 Å². The number of ether oxygens (including phenoxy) is 1. The van der Waals surface area contributed by atoms with Crippen molar-refractivity contribution in [2.75, 3.05) is 20.3 Å². The van der Waals surface area contributed by atoms with Crippen LogP contribution in [-0.4, -0.2) is 42.0 Å². The third-order valence-corrected chi connectivity index (χ3v) is 5.52. The standard InChI is InChI=1S/C25H22FNO4/c1-31-15-5-14-27-22(20-9-4-7-16-6-2-3-8-19(16)20)21(24(29)25(27)30)23(28)17-10-12-18(26)13-11-17/h2-4,6-13,22,28H,5,14-15H2,1H3/b23-21-. The molecule has 1 fully saturated rings. The van der Waals surface area contributed by atoms with Crippen LogP contribution < -0.4 is 0 Å². The first kappa shape index (κ1) is 20.8. The number of halogens is 1. The van der Waals surface area contributed by atoms with Gasteiger partial charge in [0.25, 0.3) is 11.7 Å². The molecule has 0 saturated carbocycles. The van der Waals surface area contributed by atoms with Crippen LogP contribution in [0.5, 0.6) is 0 Å². The second-order valence-corrected chi connectivity index (χ2v) is 7.41. The first-order chi connectivity index (χ1) is 15.0. The average Bonchev–Trinajstić information content (AvgIpc) is 3.04. The van der Waals surface area contributed by atoms with Crippen molar-refractivity contribution in [2.24, 2.45) is 0 Å². The highest BCUT2D eigenvalue weighted by atomic mass is 19.1. The van der Waals surface area contributed by atoms with Crippen molar-refractivity contribution in [2.45, 2.75) is 12.5 Å². The molecule has 1 aliphatic heterocycles. The Bertz CT molecular complexity index is 1160. The lowest BCUT2D eigenvalue weighted by molar-refractivity contribution is -0.140. The van der Waals surface area contributed by atoms with Gasteiger partial charge in [-0.05, 0) is 47.0 Å². The van der Waals surface area contributed by atoms with E-state index in [-0.39, 0.29) is 16.9 Å². The van der Waals surface area contributed by atoms with Gasteiger partial charge in [0.15, 0.2) is 0 Å². The smallest absolute Gasteiger partial charge is 0.295 e. The predicted octanol–water partition coefficient (Wildman–Crippen LogP) is 4.44. The number of likely N-dealkylation sites (tertiary alicyclic amines) is 1. The monoisotopic (exact) mass is 419 g/mol. The van der Waals surface area contributed by atoms with E-state index in [4.69, 9.17) is 4.74 Å². The quantitative estimate of drug-likeness (QED) is 0.278. The van der Waals surface area contributed by atoms with E-state index in [0.717, 1.165) is 16.3 Å². The summed E-state index contributed by atoms with van der Waals surface area (Å²) in [6, 6.07) is 17.8. The van der Waals surface area contributed by atoms with Crippen molar-refractivity contribution in [3.63, 3.8) is 0 Å². The highest BCUT2D eigenvalue weighted by Crippen LogP contribution is 2.41. The fourth-order valence-corrected chi connectivity index (χ4v) is 4.07. The molecule has 1 unspecified atom stereocenters. The minimum Gasteiger partial charge on any atom is -0.507 e. The molecule has 1 N–H and O–H groups in total. The molecule has 0 aromatic heterocycles. The fraction of sp³-hybridized carbons (Fsp3) is 0.200. The number of hydrogen-bond donors (Lipinski definition) is 1. The molecule has 1 saturated heterocycles. The molecule has 4 rings (SSSR count). The summed E-state index contributed by atoms with van der Waals surface area (Å²) >= 11 is 0. The first-order valence-electron chi connectivity index (χ1n) is 10.0. The highest BCUT2D eigenvalue weighted by Gasteiger charge is 2.46. The Morgan fingerprint density at radius 1 is 1.03 bits per heavy atom. The molecule has 1 aliphatic rings. The van der Waals surface area contributed by atoms with E-state index in [1.165, 1.54) is 29.2 Å². The summed E-state index contributed by atoms with van der Waals surface area (Å²) in [5, 5.41) is 12.9. The van der Waals surface area contributed by atoms with E-state index >= 15 is 0 Å². The summed E-state index contributed by atoms with van der Waals surface area (Å²) in [6.07, 6.45) is 0.543. The number of carbonyl (C=O) groups excluding carboxylic acids is 2. The molecule has 158 valence electrons. The number of amides is 1. The Morgan fingerprint density at radius 3 is 2.48 bits per heavy atom. The van der Waals surface area contributed by atoms with Crippen LogP contribution in [0.1, 0.15) is 23.6 Å². The maximum Gasteiger partial charge on any atom is 0.295 e. The number of Topliss-reactive ketones (excluding diaryl/α,β-unsaturated/α-hetero) is 1. The fourth-order valence-electron chi connectivity index (χ4n) is 4.07. The highest BCUT2D eigenvalue weighted by molar-refractivity contribution is 6.46. The number of benzene rings is 3. The van der Waals surface area contributed by atoms with Crippen molar-refractivity contribution in [1.29, 1.82) is 0 Å². The number of fused-ring (bicyclic) bond motifs is 1. The summed E-state index contributed by atoms with van der Waals surface area (Å²) < 4.78 is 18.5. The van der Waals surface area contributed by atoms with Gasteiger partial charge >= 0.3 is 0 Å². The van der Waals surface area contributed by atoms with E-state index in [2.05, 4.69) is 0 Å². The van der Waals surface area contributed by atoms with Gasteiger partial charge in [-0.1, -0.05) is 42.5 Å². The van der Waals surface area contributed by atoms with Crippen LogP contribution >= 0.6 is 0 Å². The molecule has 0 spiro atoms. The molecule has 5 nitrogen and oxygen atoms in total. The summed E-state index contributed by atoms with van der Waals surface area (Å²) in [7, 11) is 1.57. The van der Waals surface area contributed by atoms with Crippen molar-refractivity contribution in [1.82, 2.24) is 4.90 Å². The molecule has 3 aromatic rings. The van der Waals surface area contributed by atoms with E-state index in [9.17, 15) is 19.1 Å². The molecule has 6 heteroatoms. The Kier molecular flexibility index (Phi) is 5.82. The molecular weight excluding hydrogens is 397 g/mol. The number of carbonyl (C=O) groups is 2. The van der Waals surface area contributed by atoms with Crippen LogP contribution in [0.3, 0.4) is 0 Å².